The zero-order valence-electron chi connectivity index (χ0n) is 10.7. The molecule has 0 spiro atoms. The van der Waals surface area contributed by atoms with Crippen molar-refractivity contribution in [3.63, 3.8) is 0 Å². The quantitative estimate of drug-likeness (QED) is 0.682. The van der Waals surface area contributed by atoms with E-state index >= 15 is 0 Å². The van der Waals surface area contributed by atoms with Crippen molar-refractivity contribution in [2.24, 2.45) is 12.1 Å². The molecule has 19 heavy (non-hydrogen) atoms. The molecule has 6 heteroatoms. The highest BCUT2D eigenvalue weighted by atomic mass is 32.2. The van der Waals surface area contributed by atoms with Crippen LogP contribution in [0.4, 0.5) is 0 Å². The summed E-state index contributed by atoms with van der Waals surface area (Å²) in [6.07, 6.45) is 3.32. The summed E-state index contributed by atoms with van der Waals surface area (Å²) in [7, 11) is -1.74. The summed E-state index contributed by atoms with van der Waals surface area (Å²) in [5.74, 6) is 0. The first-order chi connectivity index (χ1) is 8.99. The maximum Gasteiger partial charge on any atom is 0.276 e. The van der Waals surface area contributed by atoms with Crippen LogP contribution in [0.1, 0.15) is 11.3 Å². The lowest BCUT2D eigenvalue weighted by molar-refractivity contribution is 0.584. The first-order valence-corrected chi connectivity index (χ1v) is 7.20. The van der Waals surface area contributed by atoms with Crippen LogP contribution in [0.25, 0.3) is 0 Å². The van der Waals surface area contributed by atoms with E-state index in [1.165, 1.54) is 6.21 Å². The topological polar surface area (TPSA) is 63.5 Å². The normalized spacial score (nSPS) is 11.9. The Kier molecular flexibility index (Phi) is 3.71. The third kappa shape index (κ3) is 3.23. The van der Waals surface area contributed by atoms with Gasteiger partial charge in [-0.05, 0) is 31.2 Å². The van der Waals surface area contributed by atoms with Crippen LogP contribution in [0, 0.1) is 6.92 Å². The van der Waals surface area contributed by atoms with Crippen molar-refractivity contribution in [1.29, 1.82) is 0 Å². The summed E-state index contributed by atoms with van der Waals surface area (Å²) in [5.41, 5.74) is 1.82. The Morgan fingerprint density at radius 1 is 1.21 bits per heavy atom. The molecule has 5 nitrogen and oxygen atoms in total. The predicted molar refractivity (Wildman–Crippen MR) is 74.5 cm³/mol. The standard InChI is InChI=1S/C13H15N3O2S/c1-11-5-7-13(8-6-11)19(17,18)15-14-10-12-4-3-9-16(12)2/h3-10,15H,1-2H3/b14-10+. The third-order valence-corrected chi connectivity index (χ3v) is 3.92. The molecule has 0 aliphatic heterocycles. The molecule has 0 amide bonds. The van der Waals surface area contributed by atoms with E-state index in [4.69, 9.17) is 0 Å². The molecular weight excluding hydrogens is 262 g/mol. The van der Waals surface area contributed by atoms with Crippen molar-refractivity contribution >= 4 is 16.2 Å². The third-order valence-electron chi connectivity index (χ3n) is 2.68. The van der Waals surface area contributed by atoms with Crippen LogP contribution >= 0.6 is 0 Å². The van der Waals surface area contributed by atoms with Crippen molar-refractivity contribution in [3.05, 3.63) is 53.9 Å². The van der Waals surface area contributed by atoms with Gasteiger partial charge in [-0.1, -0.05) is 17.7 Å². The van der Waals surface area contributed by atoms with Gasteiger partial charge in [-0.25, -0.2) is 4.83 Å². The van der Waals surface area contributed by atoms with Gasteiger partial charge >= 0.3 is 0 Å². The average Bonchev–Trinajstić information content (AvgIpc) is 2.75. The van der Waals surface area contributed by atoms with Gasteiger partial charge in [0, 0.05) is 13.2 Å². The fraction of sp³-hybridized carbons (Fsp3) is 0.154. The minimum absolute atomic E-state index is 0.196. The molecule has 1 N–H and O–H groups in total. The summed E-state index contributed by atoms with van der Waals surface area (Å²) in [4.78, 5) is 2.39. The van der Waals surface area contributed by atoms with E-state index in [-0.39, 0.29) is 4.90 Å². The number of sulfonamides is 1. The molecule has 0 bridgehead atoms. The highest BCUT2D eigenvalue weighted by Gasteiger charge is 2.11. The molecule has 2 rings (SSSR count). The highest BCUT2D eigenvalue weighted by Crippen LogP contribution is 2.09. The zero-order chi connectivity index (χ0) is 13.9. The Morgan fingerprint density at radius 3 is 2.47 bits per heavy atom. The molecule has 2 aromatic rings. The number of benzene rings is 1. The van der Waals surface area contributed by atoms with Gasteiger partial charge in [-0.2, -0.15) is 13.5 Å². The monoisotopic (exact) mass is 277 g/mol. The van der Waals surface area contributed by atoms with E-state index < -0.39 is 10.0 Å². The van der Waals surface area contributed by atoms with E-state index in [1.807, 2.05) is 36.9 Å². The van der Waals surface area contributed by atoms with Crippen molar-refractivity contribution in [1.82, 2.24) is 9.40 Å². The number of hydrogen-bond acceptors (Lipinski definition) is 3. The lowest BCUT2D eigenvalue weighted by Gasteiger charge is -2.03. The van der Waals surface area contributed by atoms with Crippen molar-refractivity contribution in [2.75, 3.05) is 0 Å². The SMILES string of the molecule is Cc1ccc(S(=O)(=O)N/N=C/c2cccn2C)cc1. The van der Waals surface area contributed by atoms with E-state index in [0.29, 0.717) is 0 Å². The lowest BCUT2D eigenvalue weighted by atomic mass is 10.2. The second kappa shape index (κ2) is 5.27. The van der Waals surface area contributed by atoms with Gasteiger partial charge in [0.2, 0.25) is 0 Å². The molecule has 0 atom stereocenters. The predicted octanol–water partition coefficient (Wildman–Crippen LogP) is 1.65. The summed E-state index contributed by atoms with van der Waals surface area (Å²) < 4.78 is 25.7. The summed E-state index contributed by atoms with van der Waals surface area (Å²) in [5, 5.41) is 3.76. The second-order valence-electron chi connectivity index (χ2n) is 4.21. The van der Waals surface area contributed by atoms with Gasteiger partial charge in [0.15, 0.2) is 0 Å². The molecule has 0 radical (unpaired) electrons. The number of aromatic nitrogens is 1. The number of hydrazone groups is 1. The first-order valence-electron chi connectivity index (χ1n) is 5.72. The van der Waals surface area contributed by atoms with Crippen molar-refractivity contribution in [3.8, 4) is 0 Å². The van der Waals surface area contributed by atoms with Crippen molar-refractivity contribution in [2.45, 2.75) is 11.8 Å². The zero-order valence-corrected chi connectivity index (χ0v) is 11.6. The largest absolute Gasteiger partial charge is 0.350 e. The van der Waals surface area contributed by atoms with Crippen LogP contribution in [0.3, 0.4) is 0 Å². The van der Waals surface area contributed by atoms with Gasteiger partial charge in [0.05, 0.1) is 16.8 Å². The van der Waals surface area contributed by atoms with Crippen LogP contribution in [0.15, 0.2) is 52.6 Å². The maximum absolute atomic E-state index is 11.9. The molecule has 0 aliphatic carbocycles. The first kappa shape index (κ1) is 13.4. The molecule has 0 unspecified atom stereocenters. The highest BCUT2D eigenvalue weighted by molar-refractivity contribution is 7.89. The Labute approximate surface area is 112 Å². The summed E-state index contributed by atoms with van der Waals surface area (Å²) in [6.45, 7) is 1.90. The molecule has 1 aromatic heterocycles. The summed E-state index contributed by atoms with van der Waals surface area (Å²) in [6, 6.07) is 10.3. The van der Waals surface area contributed by atoms with E-state index in [2.05, 4.69) is 9.93 Å². The van der Waals surface area contributed by atoms with E-state index in [0.717, 1.165) is 11.3 Å². The number of aryl methyl sites for hydroxylation is 2. The van der Waals surface area contributed by atoms with E-state index in [9.17, 15) is 8.42 Å². The van der Waals surface area contributed by atoms with Gasteiger partial charge in [-0.3, -0.25) is 0 Å². The lowest BCUT2D eigenvalue weighted by Crippen LogP contribution is -2.18. The Bertz CT molecular complexity index is 685. The van der Waals surface area contributed by atoms with Crippen LogP contribution in [0.5, 0.6) is 0 Å². The van der Waals surface area contributed by atoms with Gasteiger partial charge in [0.25, 0.3) is 10.0 Å². The van der Waals surface area contributed by atoms with Gasteiger partial charge < -0.3 is 4.57 Å². The molecule has 0 fully saturated rings. The molecule has 1 aromatic carbocycles. The molecule has 0 aliphatic rings. The van der Waals surface area contributed by atoms with Crippen LogP contribution < -0.4 is 4.83 Å². The maximum atomic E-state index is 11.9. The van der Waals surface area contributed by atoms with Gasteiger partial charge in [0.1, 0.15) is 0 Å². The second-order valence-corrected chi connectivity index (χ2v) is 5.87. The minimum Gasteiger partial charge on any atom is -0.350 e. The Balaban J connectivity index is 2.12. The average molecular weight is 277 g/mol. The minimum atomic E-state index is -3.60. The molecule has 1 heterocycles. The molecule has 0 saturated carbocycles. The smallest absolute Gasteiger partial charge is 0.276 e. The number of nitrogens with zero attached hydrogens (tertiary/aromatic N) is 2. The fourth-order valence-electron chi connectivity index (χ4n) is 1.54. The van der Waals surface area contributed by atoms with Crippen LogP contribution in [0.2, 0.25) is 0 Å². The summed E-state index contributed by atoms with van der Waals surface area (Å²) >= 11 is 0. The Hall–Kier alpha value is -2.08. The fourth-order valence-corrected chi connectivity index (χ4v) is 2.33. The van der Waals surface area contributed by atoms with Gasteiger partial charge in [-0.15, -0.1) is 0 Å². The Morgan fingerprint density at radius 2 is 1.89 bits per heavy atom. The number of hydrogen-bond donors (Lipinski definition) is 1. The van der Waals surface area contributed by atoms with E-state index in [1.54, 1.807) is 24.3 Å². The molecule has 0 saturated heterocycles. The molecule has 100 valence electrons. The number of nitrogens with one attached hydrogen (secondary N) is 1. The van der Waals surface area contributed by atoms with Crippen molar-refractivity contribution < 1.29 is 8.42 Å². The van der Waals surface area contributed by atoms with Crippen LogP contribution in [-0.2, 0) is 17.1 Å². The molecular formula is C13H15N3O2S. The van der Waals surface area contributed by atoms with Crippen LogP contribution in [-0.4, -0.2) is 19.2 Å². The number of rotatable bonds is 4.